The minimum absolute atomic E-state index is 0.163. The second-order valence-electron chi connectivity index (χ2n) is 4.47. The number of aromatic amines is 2. The Kier molecular flexibility index (Phi) is 4.16. The topological polar surface area (TPSA) is 84.2 Å². The summed E-state index contributed by atoms with van der Waals surface area (Å²) in [4.78, 5) is 31.7. The highest BCUT2D eigenvalue weighted by atomic mass is 16.2. The molecule has 0 aromatic carbocycles. The van der Waals surface area contributed by atoms with E-state index >= 15 is 0 Å². The lowest BCUT2D eigenvalue weighted by molar-refractivity contribution is 0.0769. The SMILES string of the molecule is CN(CCN1CCNCC1)C(=O)c1c[nH]c(=O)[nH]1. The first kappa shape index (κ1) is 12.8. The number of nitrogens with zero attached hydrogens (tertiary/aromatic N) is 2. The van der Waals surface area contributed by atoms with E-state index in [4.69, 9.17) is 0 Å². The number of nitrogens with one attached hydrogen (secondary N) is 3. The lowest BCUT2D eigenvalue weighted by Crippen LogP contribution is -2.46. The zero-order valence-corrected chi connectivity index (χ0v) is 10.5. The van der Waals surface area contributed by atoms with Crippen LogP contribution in [0.25, 0.3) is 0 Å². The molecule has 1 aliphatic heterocycles. The van der Waals surface area contributed by atoms with Gasteiger partial charge in [0.1, 0.15) is 5.69 Å². The first-order valence-electron chi connectivity index (χ1n) is 6.13. The van der Waals surface area contributed by atoms with Crippen LogP contribution in [0, 0.1) is 0 Å². The van der Waals surface area contributed by atoms with Gasteiger partial charge in [0.15, 0.2) is 0 Å². The summed E-state index contributed by atoms with van der Waals surface area (Å²) >= 11 is 0. The smallest absolute Gasteiger partial charge is 0.323 e. The Balaban J connectivity index is 1.82. The molecule has 1 aliphatic rings. The number of rotatable bonds is 4. The van der Waals surface area contributed by atoms with Gasteiger partial charge in [-0.25, -0.2) is 4.79 Å². The quantitative estimate of drug-likeness (QED) is 0.621. The number of amides is 1. The van der Waals surface area contributed by atoms with Crippen LogP contribution in [0.15, 0.2) is 11.0 Å². The van der Waals surface area contributed by atoms with Crippen molar-refractivity contribution in [2.24, 2.45) is 0 Å². The van der Waals surface area contributed by atoms with Crippen molar-refractivity contribution in [2.75, 3.05) is 46.3 Å². The van der Waals surface area contributed by atoms with Gasteiger partial charge in [-0.05, 0) is 0 Å². The van der Waals surface area contributed by atoms with Gasteiger partial charge >= 0.3 is 5.69 Å². The van der Waals surface area contributed by atoms with Crippen molar-refractivity contribution in [2.45, 2.75) is 0 Å². The fourth-order valence-electron chi connectivity index (χ4n) is 1.98. The molecule has 2 heterocycles. The van der Waals surface area contributed by atoms with E-state index in [1.807, 2.05) is 0 Å². The molecule has 1 saturated heterocycles. The number of H-pyrrole nitrogens is 2. The lowest BCUT2D eigenvalue weighted by atomic mass is 10.3. The molecule has 2 rings (SSSR count). The van der Waals surface area contributed by atoms with E-state index < -0.39 is 0 Å². The molecule has 0 radical (unpaired) electrons. The van der Waals surface area contributed by atoms with Crippen molar-refractivity contribution < 1.29 is 4.79 Å². The van der Waals surface area contributed by atoms with Gasteiger partial charge in [-0.15, -0.1) is 0 Å². The number of hydrogen-bond acceptors (Lipinski definition) is 4. The van der Waals surface area contributed by atoms with Crippen molar-refractivity contribution in [3.8, 4) is 0 Å². The summed E-state index contributed by atoms with van der Waals surface area (Å²) in [6, 6.07) is 0. The van der Waals surface area contributed by atoms with Crippen LogP contribution in [-0.4, -0.2) is 72.0 Å². The second-order valence-corrected chi connectivity index (χ2v) is 4.47. The maximum atomic E-state index is 11.9. The van der Waals surface area contributed by atoms with Gasteiger partial charge in [-0.3, -0.25) is 9.69 Å². The third-order valence-corrected chi connectivity index (χ3v) is 3.13. The Morgan fingerprint density at radius 2 is 2.17 bits per heavy atom. The van der Waals surface area contributed by atoms with Crippen molar-refractivity contribution in [3.05, 3.63) is 22.4 Å². The first-order chi connectivity index (χ1) is 8.66. The summed E-state index contributed by atoms with van der Waals surface area (Å²) in [6.07, 6.45) is 1.41. The minimum atomic E-state index is -0.353. The molecule has 18 heavy (non-hydrogen) atoms. The average Bonchev–Trinajstić information content (AvgIpc) is 2.83. The summed E-state index contributed by atoms with van der Waals surface area (Å²) in [6.45, 7) is 5.56. The zero-order valence-electron chi connectivity index (χ0n) is 10.5. The van der Waals surface area contributed by atoms with Crippen LogP contribution in [0.5, 0.6) is 0 Å². The van der Waals surface area contributed by atoms with E-state index in [-0.39, 0.29) is 11.6 Å². The molecular weight excluding hydrogens is 234 g/mol. The first-order valence-corrected chi connectivity index (χ1v) is 6.13. The molecule has 3 N–H and O–H groups in total. The van der Waals surface area contributed by atoms with Crippen LogP contribution >= 0.6 is 0 Å². The Morgan fingerprint density at radius 1 is 1.44 bits per heavy atom. The van der Waals surface area contributed by atoms with Gasteiger partial charge in [-0.1, -0.05) is 0 Å². The molecule has 1 amide bonds. The predicted molar refractivity (Wildman–Crippen MR) is 67.7 cm³/mol. The van der Waals surface area contributed by atoms with Crippen LogP contribution in [0.3, 0.4) is 0 Å². The Bertz CT molecular complexity index is 446. The van der Waals surface area contributed by atoms with Crippen LogP contribution in [0.4, 0.5) is 0 Å². The second kappa shape index (κ2) is 5.83. The molecule has 0 unspecified atom stereocenters. The van der Waals surface area contributed by atoms with E-state index in [0.717, 1.165) is 32.7 Å². The molecule has 1 aromatic rings. The standard InChI is InChI=1S/C11H19N5O2/c1-15(6-7-16-4-2-12-3-5-16)10(17)9-8-13-11(18)14-9/h8,12H,2-7H2,1H3,(H2,13,14,18). The number of carbonyl (C=O) groups excluding carboxylic acids is 1. The van der Waals surface area contributed by atoms with Gasteiger partial charge in [0.05, 0.1) is 0 Å². The lowest BCUT2D eigenvalue weighted by Gasteiger charge is -2.28. The zero-order chi connectivity index (χ0) is 13.0. The highest BCUT2D eigenvalue weighted by Gasteiger charge is 2.15. The summed E-state index contributed by atoms with van der Waals surface area (Å²) in [5.41, 5.74) is -0.0448. The summed E-state index contributed by atoms with van der Waals surface area (Å²) in [5.74, 6) is -0.163. The van der Waals surface area contributed by atoms with Crippen molar-refractivity contribution in [1.82, 2.24) is 25.1 Å². The monoisotopic (exact) mass is 253 g/mol. The number of hydrogen-bond donors (Lipinski definition) is 3. The molecule has 100 valence electrons. The molecular formula is C11H19N5O2. The highest BCUT2D eigenvalue weighted by Crippen LogP contribution is 1.98. The maximum absolute atomic E-state index is 11.9. The largest absolute Gasteiger partial charge is 0.339 e. The van der Waals surface area contributed by atoms with Crippen LogP contribution < -0.4 is 11.0 Å². The maximum Gasteiger partial charge on any atom is 0.323 e. The predicted octanol–water partition coefficient (Wildman–Crippen LogP) is -1.32. The Labute approximate surface area is 105 Å². The number of likely N-dealkylation sites (N-methyl/N-ethyl adjacent to an activating group) is 1. The van der Waals surface area contributed by atoms with Crippen molar-refractivity contribution >= 4 is 5.91 Å². The molecule has 0 aliphatic carbocycles. The molecule has 7 nitrogen and oxygen atoms in total. The fourth-order valence-corrected chi connectivity index (χ4v) is 1.98. The number of aromatic nitrogens is 2. The Morgan fingerprint density at radius 3 is 2.78 bits per heavy atom. The number of carbonyl (C=O) groups is 1. The Hall–Kier alpha value is -1.60. The summed E-state index contributed by atoms with van der Waals surface area (Å²) in [5, 5.41) is 3.29. The van der Waals surface area contributed by atoms with Crippen LogP contribution in [0.2, 0.25) is 0 Å². The molecule has 0 spiro atoms. The van der Waals surface area contributed by atoms with Crippen LogP contribution in [0.1, 0.15) is 10.5 Å². The van der Waals surface area contributed by atoms with Crippen molar-refractivity contribution in [3.63, 3.8) is 0 Å². The molecule has 0 saturated carbocycles. The summed E-state index contributed by atoms with van der Waals surface area (Å²) in [7, 11) is 1.75. The molecule has 1 fully saturated rings. The number of imidazole rings is 1. The van der Waals surface area contributed by atoms with Gasteiger partial charge in [0, 0.05) is 52.5 Å². The van der Waals surface area contributed by atoms with Gasteiger partial charge in [0.25, 0.3) is 5.91 Å². The van der Waals surface area contributed by atoms with Gasteiger partial charge in [0.2, 0.25) is 0 Å². The molecule has 0 atom stereocenters. The van der Waals surface area contributed by atoms with Gasteiger partial charge in [-0.2, -0.15) is 0 Å². The van der Waals surface area contributed by atoms with E-state index in [1.54, 1.807) is 11.9 Å². The highest BCUT2D eigenvalue weighted by molar-refractivity contribution is 5.91. The van der Waals surface area contributed by atoms with Crippen molar-refractivity contribution in [1.29, 1.82) is 0 Å². The normalized spacial score (nSPS) is 16.7. The van der Waals surface area contributed by atoms with E-state index in [0.29, 0.717) is 12.2 Å². The van der Waals surface area contributed by atoms with E-state index in [9.17, 15) is 9.59 Å². The number of piperazine rings is 1. The fraction of sp³-hybridized carbons (Fsp3) is 0.636. The minimum Gasteiger partial charge on any atom is -0.339 e. The average molecular weight is 253 g/mol. The van der Waals surface area contributed by atoms with E-state index in [2.05, 4.69) is 20.2 Å². The molecule has 1 aromatic heterocycles. The molecule has 0 bridgehead atoms. The third-order valence-electron chi connectivity index (χ3n) is 3.13. The van der Waals surface area contributed by atoms with Gasteiger partial charge < -0.3 is 20.2 Å². The van der Waals surface area contributed by atoms with Crippen LogP contribution in [-0.2, 0) is 0 Å². The summed E-state index contributed by atoms with van der Waals surface area (Å²) < 4.78 is 0. The third kappa shape index (κ3) is 3.21. The van der Waals surface area contributed by atoms with E-state index in [1.165, 1.54) is 6.20 Å². The molecule has 7 heteroatoms.